The Balaban J connectivity index is 2.04. The number of methoxy groups -OCH3 is 1. The number of sulfone groups is 1. The van der Waals surface area contributed by atoms with Gasteiger partial charge >= 0.3 is 0 Å². The van der Waals surface area contributed by atoms with Crippen molar-refractivity contribution >= 4 is 9.84 Å². The molecule has 0 saturated heterocycles. The predicted molar refractivity (Wildman–Crippen MR) is 95.1 cm³/mol. The van der Waals surface area contributed by atoms with Gasteiger partial charge in [-0.25, -0.2) is 8.42 Å². The van der Waals surface area contributed by atoms with Crippen molar-refractivity contribution in [1.29, 1.82) is 0 Å². The first kappa shape index (κ1) is 17.0. The number of likely N-dealkylation sites (N-methyl/N-ethyl adjacent to an activating group) is 1. The molecule has 1 N–H and O–H groups in total. The maximum atomic E-state index is 13.1. The van der Waals surface area contributed by atoms with Gasteiger partial charge in [0.25, 0.3) is 0 Å². The zero-order chi connectivity index (χ0) is 17.2. The van der Waals surface area contributed by atoms with Crippen molar-refractivity contribution in [3.8, 4) is 5.75 Å². The molecule has 2 atom stereocenters. The standard InChI is InChI=1S/C19H23NO3S/c1-20-19(24(21,22)16-8-4-3-5-9-16)17-10-6-7-14-11-12-15(23-2)13-18(14)17/h3-5,8-9,11-13,17,19-20H,6-7,10H2,1-2H3. The topological polar surface area (TPSA) is 55.4 Å². The van der Waals surface area contributed by atoms with Crippen LogP contribution in [-0.2, 0) is 16.3 Å². The summed E-state index contributed by atoms with van der Waals surface area (Å²) in [6, 6.07) is 14.7. The van der Waals surface area contributed by atoms with Crippen molar-refractivity contribution in [1.82, 2.24) is 5.32 Å². The van der Waals surface area contributed by atoms with Gasteiger partial charge in [-0.15, -0.1) is 0 Å². The first-order chi connectivity index (χ1) is 11.6. The number of ether oxygens (including phenoxy) is 1. The Morgan fingerprint density at radius 3 is 2.58 bits per heavy atom. The van der Waals surface area contributed by atoms with Gasteiger partial charge in [-0.05, 0) is 61.7 Å². The summed E-state index contributed by atoms with van der Waals surface area (Å²) >= 11 is 0. The Kier molecular flexibility index (Phi) is 4.92. The molecule has 2 aromatic carbocycles. The quantitative estimate of drug-likeness (QED) is 0.904. The van der Waals surface area contributed by atoms with Crippen LogP contribution in [0.25, 0.3) is 0 Å². The highest BCUT2D eigenvalue weighted by Gasteiger charge is 2.36. The summed E-state index contributed by atoms with van der Waals surface area (Å²) < 4.78 is 31.6. The van der Waals surface area contributed by atoms with E-state index in [1.165, 1.54) is 5.56 Å². The van der Waals surface area contributed by atoms with E-state index < -0.39 is 15.2 Å². The molecule has 2 aromatic rings. The van der Waals surface area contributed by atoms with Gasteiger partial charge in [0.15, 0.2) is 9.84 Å². The van der Waals surface area contributed by atoms with E-state index in [0.29, 0.717) is 4.90 Å². The fraction of sp³-hybridized carbons (Fsp3) is 0.368. The molecule has 0 radical (unpaired) electrons. The van der Waals surface area contributed by atoms with E-state index in [2.05, 4.69) is 11.4 Å². The molecular weight excluding hydrogens is 322 g/mol. The lowest BCUT2D eigenvalue weighted by Crippen LogP contribution is -2.40. The summed E-state index contributed by atoms with van der Waals surface area (Å²) in [5.74, 6) is 0.687. The molecule has 0 spiro atoms. The normalized spacial score (nSPS) is 18.7. The van der Waals surface area contributed by atoms with Crippen molar-refractivity contribution in [2.24, 2.45) is 0 Å². The molecule has 0 bridgehead atoms. The van der Waals surface area contributed by atoms with Crippen LogP contribution >= 0.6 is 0 Å². The first-order valence-electron chi connectivity index (χ1n) is 8.21. The molecule has 1 aliphatic rings. The van der Waals surface area contributed by atoms with Gasteiger partial charge in [-0.1, -0.05) is 24.3 Å². The zero-order valence-corrected chi connectivity index (χ0v) is 14.8. The van der Waals surface area contributed by atoms with Crippen LogP contribution in [0.2, 0.25) is 0 Å². The minimum atomic E-state index is -3.46. The number of benzene rings is 2. The van der Waals surface area contributed by atoms with Crippen LogP contribution in [0, 0.1) is 0 Å². The Labute approximate surface area is 143 Å². The summed E-state index contributed by atoms with van der Waals surface area (Å²) in [5.41, 5.74) is 2.30. The summed E-state index contributed by atoms with van der Waals surface area (Å²) in [4.78, 5) is 0.361. The molecule has 0 amide bonds. The highest BCUT2D eigenvalue weighted by Crippen LogP contribution is 2.38. The van der Waals surface area contributed by atoms with Gasteiger partial charge in [0.05, 0.1) is 12.0 Å². The minimum absolute atomic E-state index is 0.0842. The molecular formula is C19H23NO3S. The van der Waals surface area contributed by atoms with Gasteiger partial charge in [0.2, 0.25) is 0 Å². The number of hydrogen-bond donors (Lipinski definition) is 1. The van der Waals surface area contributed by atoms with Gasteiger partial charge in [-0.2, -0.15) is 0 Å². The van der Waals surface area contributed by atoms with Crippen LogP contribution in [0.3, 0.4) is 0 Å². The van der Waals surface area contributed by atoms with Crippen LogP contribution in [-0.4, -0.2) is 27.9 Å². The molecule has 0 saturated carbocycles. The highest BCUT2D eigenvalue weighted by atomic mass is 32.2. The van der Waals surface area contributed by atoms with E-state index >= 15 is 0 Å². The lowest BCUT2D eigenvalue weighted by atomic mass is 9.82. The third-order valence-electron chi connectivity index (χ3n) is 4.77. The van der Waals surface area contributed by atoms with Crippen LogP contribution in [0.5, 0.6) is 5.75 Å². The second-order valence-corrected chi connectivity index (χ2v) is 8.20. The van der Waals surface area contributed by atoms with Crippen LogP contribution in [0.15, 0.2) is 53.4 Å². The molecule has 3 rings (SSSR count). The maximum Gasteiger partial charge on any atom is 0.194 e. The number of hydrogen-bond acceptors (Lipinski definition) is 4. The van der Waals surface area contributed by atoms with E-state index in [0.717, 1.165) is 30.6 Å². The zero-order valence-electron chi connectivity index (χ0n) is 14.0. The van der Waals surface area contributed by atoms with Crippen LogP contribution < -0.4 is 10.1 Å². The lowest BCUT2D eigenvalue weighted by Gasteiger charge is -2.32. The van der Waals surface area contributed by atoms with Gasteiger partial charge in [0, 0.05) is 5.92 Å². The molecule has 24 heavy (non-hydrogen) atoms. The molecule has 0 aliphatic heterocycles. The summed E-state index contributed by atoms with van der Waals surface area (Å²) in [6.07, 6.45) is 2.82. The Morgan fingerprint density at radius 1 is 1.17 bits per heavy atom. The van der Waals surface area contributed by atoms with E-state index in [-0.39, 0.29) is 5.92 Å². The van der Waals surface area contributed by atoms with Gasteiger partial charge in [-0.3, -0.25) is 0 Å². The molecule has 0 heterocycles. The average Bonchev–Trinajstić information content (AvgIpc) is 2.62. The molecule has 0 fully saturated rings. The summed E-state index contributed by atoms with van der Waals surface area (Å²) in [5, 5.41) is 2.41. The van der Waals surface area contributed by atoms with Crippen LogP contribution in [0.1, 0.15) is 29.9 Å². The first-order valence-corrected chi connectivity index (χ1v) is 9.75. The van der Waals surface area contributed by atoms with E-state index in [1.54, 1.807) is 38.4 Å². The Morgan fingerprint density at radius 2 is 1.92 bits per heavy atom. The summed E-state index contributed by atoms with van der Waals surface area (Å²) in [6.45, 7) is 0. The highest BCUT2D eigenvalue weighted by molar-refractivity contribution is 7.92. The molecule has 0 aromatic heterocycles. The molecule has 128 valence electrons. The molecule has 1 aliphatic carbocycles. The van der Waals surface area contributed by atoms with Crippen molar-refractivity contribution < 1.29 is 13.2 Å². The second kappa shape index (κ2) is 6.95. The predicted octanol–water partition coefficient (Wildman–Crippen LogP) is 3.13. The number of fused-ring (bicyclic) bond motifs is 1. The Hall–Kier alpha value is -1.85. The van der Waals surface area contributed by atoms with Crippen LogP contribution in [0.4, 0.5) is 0 Å². The fourth-order valence-electron chi connectivity index (χ4n) is 3.58. The van der Waals surface area contributed by atoms with Gasteiger partial charge in [0.1, 0.15) is 11.1 Å². The number of aryl methyl sites for hydroxylation is 1. The van der Waals surface area contributed by atoms with E-state index in [1.807, 2.05) is 18.2 Å². The SMILES string of the molecule is CNC(C1CCCc2ccc(OC)cc21)S(=O)(=O)c1ccccc1. The monoisotopic (exact) mass is 345 g/mol. The number of rotatable bonds is 5. The van der Waals surface area contributed by atoms with Crippen molar-refractivity contribution in [3.05, 3.63) is 59.7 Å². The number of nitrogens with one attached hydrogen (secondary N) is 1. The fourth-order valence-corrected chi connectivity index (χ4v) is 5.44. The minimum Gasteiger partial charge on any atom is -0.497 e. The maximum absolute atomic E-state index is 13.1. The van der Waals surface area contributed by atoms with E-state index in [9.17, 15) is 8.42 Å². The molecule has 2 unspecified atom stereocenters. The smallest absolute Gasteiger partial charge is 0.194 e. The van der Waals surface area contributed by atoms with Crippen molar-refractivity contribution in [2.45, 2.75) is 35.4 Å². The molecule has 4 nitrogen and oxygen atoms in total. The third kappa shape index (κ3) is 3.06. The van der Waals surface area contributed by atoms with E-state index in [4.69, 9.17) is 4.74 Å². The largest absolute Gasteiger partial charge is 0.497 e. The third-order valence-corrected chi connectivity index (χ3v) is 6.93. The second-order valence-electron chi connectivity index (χ2n) is 6.13. The Bertz CT molecular complexity index is 803. The lowest BCUT2D eigenvalue weighted by molar-refractivity contribution is 0.410. The van der Waals surface area contributed by atoms with Gasteiger partial charge < -0.3 is 10.1 Å². The summed E-state index contributed by atoms with van der Waals surface area (Å²) in [7, 11) is -0.108. The average molecular weight is 345 g/mol. The van der Waals surface area contributed by atoms with Crippen molar-refractivity contribution in [2.75, 3.05) is 14.2 Å². The molecule has 5 heteroatoms. The van der Waals surface area contributed by atoms with Crippen molar-refractivity contribution in [3.63, 3.8) is 0 Å².